The number of sulfonamides is 1. The van der Waals surface area contributed by atoms with Crippen LogP contribution < -0.4 is 4.72 Å². The van der Waals surface area contributed by atoms with Crippen LogP contribution in [0.25, 0.3) is 0 Å². The van der Waals surface area contributed by atoms with Crippen molar-refractivity contribution in [2.24, 2.45) is 0 Å². The minimum Gasteiger partial charge on any atom is -0.459 e. The van der Waals surface area contributed by atoms with Gasteiger partial charge in [0.25, 0.3) is 0 Å². The van der Waals surface area contributed by atoms with E-state index in [0.29, 0.717) is 0 Å². The van der Waals surface area contributed by atoms with Crippen LogP contribution in [0.5, 0.6) is 0 Å². The van der Waals surface area contributed by atoms with E-state index in [-0.39, 0.29) is 0 Å². The molecule has 0 saturated heterocycles. The lowest BCUT2D eigenvalue weighted by Crippen LogP contribution is -2.35. The van der Waals surface area contributed by atoms with Gasteiger partial charge in [0.2, 0.25) is 10.0 Å². The quantitative estimate of drug-likeness (QED) is 0.388. The Labute approximate surface area is 130 Å². The fraction of sp³-hybridized carbons (Fsp3) is 0.462. The second-order valence-corrected chi connectivity index (χ2v) is 7.32. The van der Waals surface area contributed by atoms with Gasteiger partial charge in [-0.1, -0.05) is 0 Å². The van der Waals surface area contributed by atoms with Crippen LogP contribution in [-0.2, 0) is 19.6 Å². The molecule has 0 bridgehead atoms. The lowest BCUT2D eigenvalue weighted by molar-refractivity contribution is -0.153. The fourth-order valence-electron chi connectivity index (χ4n) is 1.56. The van der Waals surface area contributed by atoms with Crippen molar-refractivity contribution in [3.63, 3.8) is 0 Å². The van der Waals surface area contributed by atoms with Crippen LogP contribution in [0.2, 0.25) is 0 Å². The number of carbonyl (C=O) groups is 1. The summed E-state index contributed by atoms with van der Waals surface area (Å²) in [5.41, 5.74) is -1.90. The first-order valence-electron chi connectivity index (χ1n) is 6.32. The number of nitrogens with one attached hydrogen (secondary N) is 1. The van der Waals surface area contributed by atoms with Crippen molar-refractivity contribution in [3.8, 4) is 0 Å². The number of hydrogen-bond acceptors (Lipinski definition) is 4. The SMILES string of the molecule is Cc1c(F)c(F)c(F)c(S(=O)(=O)NCC(=O)OC(C)(C)C)c1F. The third-order valence-corrected chi connectivity index (χ3v) is 3.96. The van der Waals surface area contributed by atoms with E-state index in [4.69, 9.17) is 4.74 Å². The van der Waals surface area contributed by atoms with Gasteiger partial charge in [0.05, 0.1) is 0 Å². The zero-order valence-electron chi connectivity index (χ0n) is 12.8. The number of esters is 1. The molecule has 0 aliphatic rings. The normalized spacial score (nSPS) is 12.3. The molecule has 0 aromatic heterocycles. The van der Waals surface area contributed by atoms with Gasteiger partial charge in [0.1, 0.15) is 12.1 Å². The predicted octanol–water partition coefficient (Wildman–Crippen LogP) is 2.17. The molecular weight excluding hydrogens is 342 g/mol. The highest BCUT2D eigenvalue weighted by atomic mass is 32.2. The lowest BCUT2D eigenvalue weighted by Gasteiger charge is -2.19. The van der Waals surface area contributed by atoms with Gasteiger partial charge in [0.15, 0.2) is 28.2 Å². The number of carbonyl (C=O) groups excluding carboxylic acids is 1. The van der Waals surface area contributed by atoms with Gasteiger partial charge >= 0.3 is 5.97 Å². The molecule has 130 valence electrons. The van der Waals surface area contributed by atoms with Gasteiger partial charge in [-0.3, -0.25) is 4.79 Å². The Balaban J connectivity index is 3.14. The first-order valence-corrected chi connectivity index (χ1v) is 7.80. The number of benzene rings is 1. The molecule has 10 heteroatoms. The zero-order chi connectivity index (χ0) is 18.2. The molecule has 1 N–H and O–H groups in total. The van der Waals surface area contributed by atoms with E-state index >= 15 is 0 Å². The highest BCUT2D eigenvalue weighted by Gasteiger charge is 2.32. The third kappa shape index (κ3) is 4.41. The summed E-state index contributed by atoms with van der Waals surface area (Å²) in [6, 6.07) is 0. The molecule has 0 amide bonds. The van der Waals surface area contributed by atoms with Crippen molar-refractivity contribution in [2.45, 2.75) is 38.2 Å². The minimum absolute atomic E-state index is 0.750. The predicted molar refractivity (Wildman–Crippen MR) is 72.0 cm³/mol. The molecule has 0 saturated carbocycles. The second-order valence-electron chi connectivity index (χ2n) is 5.62. The van der Waals surface area contributed by atoms with Gasteiger partial charge in [-0.2, -0.15) is 4.72 Å². The van der Waals surface area contributed by atoms with Crippen LogP contribution in [0.4, 0.5) is 17.6 Å². The average Bonchev–Trinajstić information content (AvgIpc) is 2.39. The van der Waals surface area contributed by atoms with E-state index in [1.807, 2.05) is 0 Å². The number of rotatable bonds is 4. The number of halogens is 4. The van der Waals surface area contributed by atoms with E-state index in [1.165, 1.54) is 20.8 Å². The second kappa shape index (κ2) is 6.44. The monoisotopic (exact) mass is 357 g/mol. The highest BCUT2D eigenvalue weighted by Crippen LogP contribution is 2.26. The van der Waals surface area contributed by atoms with Gasteiger partial charge in [0, 0.05) is 5.56 Å². The van der Waals surface area contributed by atoms with E-state index in [1.54, 1.807) is 4.72 Å². The van der Waals surface area contributed by atoms with E-state index in [9.17, 15) is 30.8 Å². The van der Waals surface area contributed by atoms with Gasteiger partial charge in [-0.15, -0.1) is 0 Å². The maximum atomic E-state index is 13.8. The zero-order valence-corrected chi connectivity index (χ0v) is 13.6. The van der Waals surface area contributed by atoms with Crippen LogP contribution in [0.15, 0.2) is 4.90 Å². The fourth-order valence-corrected chi connectivity index (χ4v) is 2.73. The molecule has 1 rings (SSSR count). The Kier molecular flexibility index (Phi) is 5.42. The van der Waals surface area contributed by atoms with Crippen molar-refractivity contribution in [1.82, 2.24) is 4.72 Å². The Morgan fingerprint density at radius 3 is 2.04 bits per heavy atom. The smallest absolute Gasteiger partial charge is 0.321 e. The van der Waals surface area contributed by atoms with Crippen LogP contribution in [0.3, 0.4) is 0 Å². The molecule has 0 unspecified atom stereocenters. The van der Waals surface area contributed by atoms with Gasteiger partial charge in [-0.25, -0.2) is 26.0 Å². The molecule has 0 aliphatic carbocycles. The number of ether oxygens (including phenoxy) is 1. The van der Waals surface area contributed by atoms with Crippen molar-refractivity contribution in [3.05, 3.63) is 28.8 Å². The van der Waals surface area contributed by atoms with Crippen LogP contribution in [-0.4, -0.2) is 26.5 Å². The molecule has 1 aromatic rings. The summed E-state index contributed by atoms with van der Waals surface area (Å²) in [6.07, 6.45) is 0. The lowest BCUT2D eigenvalue weighted by atomic mass is 10.2. The molecule has 0 aliphatic heterocycles. The third-order valence-electron chi connectivity index (χ3n) is 2.54. The average molecular weight is 357 g/mol. The molecular formula is C13H15F4NO4S. The summed E-state index contributed by atoms with van der Waals surface area (Å²) in [7, 11) is -4.94. The molecule has 0 atom stereocenters. The van der Waals surface area contributed by atoms with Crippen molar-refractivity contribution in [1.29, 1.82) is 0 Å². The Morgan fingerprint density at radius 2 is 1.57 bits per heavy atom. The maximum Gasteiger partial charge on any atom is 0.321 e. The summed E-state index contributed by atoms with van der Waals surface area (Å²) in [5, 5.41) is 0. The molecule has 1 aromatic carbocycles. The first kappa shape index (κ1) is 19.4. The number of hydrogen-bond donors (Lipinski definition) is 1. The molecule has 5 nitrogen and oxygen atoms in total. The van der Waals surface area contributed by atoms with Crippen LogP contribution >= 0.6 is 0 Å². The summed E-state index contributed by atoms with van der Waals surface area (Å²) in [5.74, 6) is -8.95. The summed E-state index contributed by atoms with van der Waals surface area (Å²) < 4.78 is 84.0. The Morgan fingerprint density at radius 1 is 1.04 bits per heavy atom. The van der Waals surface area contributed by atoms with Crippen LogP contribution in [0, 0.1) is 30.2 Å². The van der Waals surface area contributed by atoms with Crippen molar-refractivity contribution >= 4 is 16.0 Å². The van der Waals surface area contributed by atoms with Crippen molar-refractivity contribution in [2.75, 3.05) is 6.54 Å². The summed E-state index contributed by atoms with van der Waals surface area (Å²) in [6.45, 7) is 4.39. The van der Waals surface area contributed by atoms with Gasteiger partial charge < -0.3 is 4.74 Å². The highest BCUT2D eigenvalue weighted by molar-refractivity contribution is 7.89. The van der Waals surface area contributed by atoms with E-state index < -0.39 is 61.9 Å². The van der Waals surface area contributed by atoms with E-state index in [0.717, 1.165) is 6.92 Å². The Hall–Kier alpha value is -1.68. The van der Waals surface area contributed by atoms with E-state index in [2.05, 4.69) is 0 Å². The largest absolute Gasteiger partial charge is 0.459 e. The molecule has 0 heterocycles. The van der Waals surface area contributed by atoms with Crippen molar-refractivity contribution < 1.29 is 35.5 Å². The topological polar surface area (TPSA) is 72.5 Å². The standard InChI is InChI=1S/C13H15F4NO4S/c1-6-8(14)10(16)11(17)12(9(6)15)23(20,21)18-5-7(19)22-13(2,3)4/h18H,5H2,1-4H3. The molecule has 0 radical (unpaired) electrons. The summed E-state index contributed by atoms with van der Waals surface area (Å²) >= 11 is 0. The van der Waals surface area contributed by atoms with Gasteiger partial charge in [-0.05, 0) is 27.7 Å². The minimum atomic E-state index is -4.94. The summed E-state index contributed by atoms with van der Waals surface area (Å²) in [4.78, 5) is 9.73. The molecule has 0 fully saturated rings. The van der Waals surface area contributed by atoms with Crippen LogP contribution in [0.1, 0.15) is 26.3 Å². The molecule has 0 spiro atoms. The molecule has 23 heavy (non-hydrogen) atoms. The maximum absolute atomic E-state index is 13.8. The Bertz CT molecular complexity index is 712. The first-order chi connectivity index (χ1) is 10.3.